The van der Waals surface area contributed by atoms with Gasteiger partial charge in [0.15, 0.2) is 11.5 Å². The summed E-state index contributed by atoms with van der Waals surface area (Å²) in [6, 6.07) is 18.6. The molecule has 6 heteroatoms. The first-order chi connectivity index (χ1) is 14.9. The number of hydrogen-bond acceptors (Lipinski definition) is 4. The van der Waals surface area contributed by atoms with E-state index in [0.717, 1.165) is 22.4 Å². The van der Waals surface area contributed by atoms with Gasteiger partial charge in [-0.05, 0) is 60.9 Å². The minimum atomic E-state index is -0.667. The number of carbonyl (C=O) groups is 1. The van der Waals surface area contributed by atoms with Gasteiger partial charge in [0.2, 0.25) is 6.10 Å². The Bertz CT molecular complexity index is 1130. The summed E-state index contributed by atoms with van der Waals surface area (Å²) in [5.41, 5.74) is 3.53. The monoisotopic (exact) mass is 437 g/mol. The second-order valence-electron chi connectivity index (χ2n) is 7.50. The number of ether oxygens (including phenoxy) is 3. The molecule has 31 heavy (non-hydrogen) atoms. The average Bonchev–Trinajstić information content (AvgIpc) is 2.78. The van der Waals surface area contributed by atoms with Crippen LogP contribution in [0.1, 0.15) is 22.7 Å². The minimum absolute atomic E-state index is 0.122. The zero-order valence-electron chi connectivity index (χ0n) is 17.9. The normalized spacial score (nSPS) is 17.8. The van der Waals surface area contributed by atoms with Crippen LogP contribution >= 0.6 is 11.6 Å². The first-order valence-electron chi connectivity index (χ1n) is 9.98. The van der Waals surface area contributed by atoms with Gasteiger partial charge in [0, 0.05) is 10.7 Å². The standard InChI is InChI=1S/C25H24ClNO4/c1-15-9-11-18(14-19(15)26)27-23(17-10-12-21(29-3)22(13-17)30-4)24(25(27)28)31-20-8-6-5-7-16(20)2/h5-14,23-24H,1-4H3. The third-order valence-electron chi connectivity index (χ3n) is 5.58. The van der Waals surface area contributed by atoms with Crippen molar-refractivity contribution in [1.82, 2.24) is 0 Å². The van der Waals surface area contributed by atoms with E-state index in [2.05, 4.69) is 0 Å². The van der Waals surface area contributed by atoms with Gasteiger partial charge in [0.05, 0.1) is 14.2 Å². The maximum absolute atomic E-state index is 13.2. The first-order valence-corrected chi connectivity index (χ1v) is 10.4. The number of β-lactam (4-membered cyclic amide) rings is 1. The van der Waals surface area contributed by atoms with Gasteiger partial charge in [-0.3, -0.25) is 9.69 Å². The van der Waals surface area contributed by atoms with Gasteiger partial charge >= 0.3 is 0 Å². The molecule has 0 saturated carbocycles. The van der Waals surface area contributed by atoms with E-state index in [1.807, 2.05) is 74.5 Å². The van der Waals surface area contributed by atoms with Crippen molar-refractivity contribution >= 4 is 23.2 Å². The molecular weight excluding hydrogens is 414 g/mol. The number of benzene rings is 3. The van der Waals surface area contributed by atoms with Crippen molar-refractivity contribution in [1.29, 1.82) is 0 Å². The van der Waals surface area contributed by atoms with E-state index in [1.54, 1.807) is 19.1 Å². The van der Waals surface area contributed by atoms with Crippen molar-refractivity contribution < 1.29 is 19.0 Å². The maximum Gasteiger partial charge on any atom is 0.271 e. The van der Waals surface area contributed by atoms with Gasteiger partial charge in [0.25, 0.3) is 5.91 Å². The Labute approximate surface area is 187 Å². The van der Waals surface area contributed by atoms with E-state index < -0.39 is 6.10 Å². The molecule has 1 fully saturated rings. The lowest BCUT2D eigenvalue weighted by Gasteiger charge is -2.47. The number of amides is 1. The van der Waals surface area contributed by atoms with Gasteiger partial charge in [-0.1, -0.05) is 41.9 Å². The summed E-state index contributed by atoms with van der Waals surface area (Å²) in [4.78, 5) is 15.0. The fourth-order valence-corrected chi connectivity index (χ4v) is 3.96. The van der Waals surface area contributed by atoms with Gasteiger partial charge in [-0.25, -0.2) is 0 Å². The zero-order valence-corrected chi connectivity index (χ0v) is 18.6. The van der Waals surface area contributed by atoms with Crippen molar-refractivity contribution in [2.24, 2.45) is 0 Å². The number of halogens is 1. The fraction of sp³-hybridized carbons (Fsp3) is 0.240. The van der Waals surface area contributed by atoms with E-state index in [0.29, 0.717) is 22.3 Å². The Morgan fingerprint density at radius 2 is 1.58 bits per heavy atom. The summed E-state index contributed by atoms with van der Waals surface area (Å²) in [5, 5.41) is 0.611. The Morgan fingerprint density at radius 1 is 0.839 bits per heavy atom. The number of anilines is 1. The summed E-state index contributed by atoms with van der Waals surface area (Å²) in [5.74, 6) is 1.78. The molecule has 0 bridgehead atoms. The molecule has 160 valence electrons. The van der Waals surface area contributed by atoms with Crippen LogP contribution in [0.15, 0.2) is 60.7 Å². The molecule has 0 spiro atoms. The molecule has 0 aromatic heterocycles. The third kappa shape index (κ3) is 3.81. The lowest BCUT2D eigenvalue weighted by molar-refractivity contribution is -0.135. The van der Waals surface area contributed by atoms with Crippen molar-refractivity contribution in [3.8, 4) is 17.2 Å². The Balaban J connectivity index is 1.76. The molecule has 0 radical (unpaired) electrons. The van der Waals surface area contributed by atoms with E-state index in [9.17, 15) is 4.79 Å². The predicted octanol–water partition coefficient (Wildman–Crippen LogP) is 5.51. The van der Waals surface area contributed by atoms with Crippen LogP contribution in [-0.4, -0.2) is 26.2 Å². The zero-order chi connectivity index (χ0) is 22.1. The van der Waals surface area contributed by atoms with E-state index in [-0.39, 0.29) is 11.9 Å². The van der Waals surface area contributed by atoms with Crippen molar-refractivity contribution in [3.63, 3.8) is 0 Å². The van der Waals surface area contributed by atoms with E-state index in [4.69, 9.17) is 25.8 Å². The molecule has 2 unspecified atom stereocenters. The molecular formula is C25H24ClNO4. The van der Waals surface area contributed by atoms with Crippen molar-refractivity contribution in [2.45, 2.75) is 26.0 Å². The van der Waals surface area contributed by atoms with E-state index in [1.165, 1.54) is 0 Å². The Hall–Kier alpha value is -3.18. The number of para-hydroxylation sites is 1. The molecule has 3 aromatic carbocycles. The fourth-order valence-electron chi connectivity index (χ4n) is 3.78. The molecule has 3 aromatic rings. The van der Waals surface area contributed by atoms with Crippen LogP contribution in [0.2, 0.25) is 5.02 Å². The number of methoxy groups -OCH3 is 2. The van der Waals surface area contributed by atoms with Gasteiger partial charge < -0.3 is 14.2 Å². The Kier molecular flexibility index (Phi) is 5.79. The average molecular weight is 438 g/mol. The molecule has 1 heterocycles. The number of hydrogen-bond donors (Lipinski definition) is 0. The summed E-state index contributed by atoms with van der Waals surface area (Å²) < 4.78 is 17.0. The molecule has 4 rings (SSSR count). The van der Waals surface area contributed by atoms with Gasteiger partial charge in [0.1, 0.15) is 11.8 Å². The lowest BCUT2D eigenvalue weighted by Crippen LogP contribution is -2.61. The molecule has 2 atom stereocenters. The number of aryl methyl sites for hydroxylation is 2. The second-order valence-corrected chi connectivity index (χ2v) is 7.91. The second kappa shape index (κ2) is 8.52. The van der Waals surface area contributed by atoms with E-state index >= 15 is 0 Å². The van der Waals surface area contributed by atoms with Crippen LogP contribution in [0.4, 0.5) is 5.69 Å². The summed E-state index contributed by atoms with van der Waals surface area (Å²) in [7, 11) is 3.18. The molecule has 1 aliphatic rings. The van der Waals surface area contributed by atoms with Crippen LogP contribution in [-0.2, 0) is 4.79 Å². The maximum atomic E-state index is 13.2. The molecule has 1 amide bonds. The quantitative estimate of drug-likeness (QED) is 0.477. The highest BCUT2D eigenvalue weighted by Gasteiger charge is 2.51. The number of nitrogens with zero attached hydrogens (tertiary/aromatic N) is 1. The smallest absolute Gasteiger partial charge is 0.271 e. The van der Waals surface area contributed by atoms with Crippen LogP contribution in [0, 0.1) is 13.8 Å². The molecule has 0 aliphatic carbocycles. The molecule has 1 saturated heterocycles. The lowest BCUT2D eigenvalue weighted by atomic mass is 9.89. The highest BCUT2D eigenvalue weighted by Crippen LogP contribution is 2.44. The van der Waals surface area contributed by atoms with Crippen molar-refractivity contribution in [2.75, 3.05) is 19.1 Å². The van der Waals surface area contributed by atoms with Crippen LogP contribution in [0.25, 0.3) is 0 Å². The molecule has 5 nitrogen and oxygen atoms in total. The number of rotatable bonds is 6. The minimum Gasteiger partial charge on any atom is -0.493 e. The highest BCUT2D eigenvalue weighted by molar-refractivity contribution is 6.31. The topological polar surface area (TPSA) is 48.0 Å². The number of carbonyl (C=O) groups excluding carboxylic acids is 1. The Morgan fingerprint density at radius 3 is 2.26 bits per heavy atom. The summed E-state index contributed by atoms with van der Waals surface area (Å²) in [6.07, 6.45) is -0.667. The third-order valence-corrected chi connectivity index (χ3v) is 5.98. The molecule has 1 aliphatic heterocycles. The predicted molar refractivity (Wildman–Crippen MR) is 122 cm³/mol. The van der Waals surface area contributed by atoms with Gasteiger partial charge in [-0.2, -0.15) is 0 Å². The first kappa shape index (κ1) is 21.1. The highest BCUT2D eigenvalue weighted by atomic mass is 35.5. The summed E-state index contributed by atoms with van der Waals surface area (Å²) >= 11 is 6.35. The van der Waals surface area contributed by atoms with Crippen LogP contribution in [0.5, 0.6) is 17.2 Å². The SMILES string of the molecule is COc1ccc(C2C(Oc3ccccc3C)C(=O)N2c2ccc(C)c(Cl)c2)cc1OC. The molecule has 0 N–H and O–H groups in total. The van der Waals surface area contributed by atoms with Gasteiger partial charge in [-0.15, -0.1) is 0 Å². The largest absolute Gasteiger partial charge is 0.493 e. The van der Waals surface area contributed by atoms with Crippen LogP contribution < -0.4 is 19.1 Å². The van der Waals surface area contributed by atoms with Crippen LogP contribution in [0.3, 0.4) is 0 Å². The summed E-state index contributed by atoms with van der Waals surface area (Å²) in [6.45, 7) is 3.89. The van der Waals surface area contributed by atoms with Crippen molar-refractivity contribution in [3.05, 3.63) is 82.4 Å².